The third-order valence-electron chi connectivity index (χ3n) is 4.71. The summed E-state index contributed by atoms with van der Waals surface area (Å²) < 4.78 is 43.0. The second-order valence-electron chi connectivity index (χ2n) is 6.68. The predicted molar refractivity (Wildman–Crippen MR) is 103 cm³/mol. The van der Waals surface area contributed by atoms with Gasteiger partial charge < -0.3 is 19.1 Å². The van der Waals surface area contributed by atoms with Gasteiger partial charge in [-0.2, -0.15) is 0 Å². The van der Waals surface area contributed by atoms with Crippen molar-refractivity contribution in [3.05, 3.63) is 66.7 Å². The van der Waals surface area contributed by atoms with Crippen LogP contribution in [-0.4, -0.2) is 57.9 Å². The van der Waals surface area contributed by atoms with Gasteiger partial charge in [-0.15, -0.1) is 13.2 Å². The zero-order chi connectivity index (χ0) is 21.1. The minimum atomic E-state index is -4.80. The Bertz CT molecular complexity index is 1020. The largest absolute Gasteiger partial charge is 0.573 e. The van der Waals surface area contributed by atoms with Crippen molar-refractivity contribution in [1.82, 2.24) is 19.4 Å². The van der Waals surface area contributed by atoms with Crippen molar-refractivity contribution in [2.75, 3.05) is 31.1 Å². The van der Waals surface area contributed by atoms with Crippen LogP contribution in [0.25, 0.3) is 5.82 Å². The highest BCUT2D eigenvalue weighted by Gasteiger charge is 2.31. The number of alkyl halides is 3. The smallest absolute Gasteiger partial charge is 0.406 e. The van der Waals surface area contributed by atoms with Crippen LogP contribution in [0.4, 0.5) is 19.0 Å². The van der Waals surface area contributed by atoms with Gasteiger partial charge in [0.2, 0.25) is 0 Å². The molecule has 1 aliphatic heterocycles. The van der Waals surface area contributed by atoms with Crippen molar-refractivity contribution in [2.45, 2.75) is 6.36 Å². The molecular weight excluding hydrogens is 399 g/mol. The minimum Gasteiger partial charge on any atom is -0.406 e. The average molecular weight is 417 g/mol. The lowest BCUT2D eigenvalue weighted by atomic mass is 10.1. The van der Waals surface area contributed by atoms with E-state index in [1.165, 1.54) is 24.5 Å². The SMILES string of the molecule is O=C(c1cccc(OC(F)(F)F)c1)N1CCN(c2cc(-n3cccc3)ncn2)CC1. The molecule has 4 rings (SSSR count). The maximum atomic E-state index is 12.7. The van der Waals surface area contributed by atoms with Gasteiger partial charge in [0.25, 0.3) is 5.91 Å². The summed E-state index contributed by atoms with van der Waals surface area (Å²) in [5, 5.41) is 0. The number of aromatic nitrogens is 3. The maximum absolute atomic E-state index is 12.7. The lowest BCUT2D eigenvalue weighted by Crippen LogP contribution is -2.49. The van der Waals surface area contributed by atoms with E-state index in [1.807, 2.05) is 40.1 Å². The molecule has 1 aliphatic rings. The van der Waals surface area contributed by atoms with Crippen molar-refractivity contribution < 1.29 is 22.7 Å². The van der Waals surface area contributed by atoms with Gasteiger partial charge in [-0.1, -0.05) is 6.07 Å². The first-order chi connectivity index (χ1) is 14.4. The molecule has 0 radical (unpaired) electrons. The fraction of sp³-hybridized carbons (Fsp3) is 0.250. The second kappa shape index (κ2) is 8.05. The molecule has 0 saturated carbocycles. The van der Waals surface area contributed by atoms with Crippen LogP contribution < -0.4 is 9.64 Å². The summed E-state index contributed by atoms with van der Waals surface area (Å²) >= 11 is 0. The first-order valence-electron chi connectivity index (χ1n) is 9.24. The molecule has 1 fully saturated rings. The van der Waals surface area contributed by atoms with Gasteiger partial charge in [-0.05, 0) is 30.3 Å². The van der Waals surface area contributed by atoms with Crippen LogP contribution in [0.3, 0.4) is 0 Å². The van der Waals surface area contributed by atoms with Crippen LogP contribution in [0.2, 0.25) is 0 Å². The average Bonchev–Trinajstić information content (AvgIpc) is 3.27. The van der Waals surface area contributed by atoms with Crippen molar-refractivity contribution in [1.29, 1.82) is 0 Å². The molecule has 30 heavy (non-hydrogen) atoms. The first kappa shape index (κ1) is 19.7. The topological polar surface area (TPSA) is 63.5 Å². The molecule has 0 aliphatic carbocycles. The molecule has 10 heteroatoms. The van der Waals surface area contributed by atoms with Crippen molar-refractivity contribution in [2.24, 2.45) is 0 Å². The van der Waals surface area contributed by atoms with Gasteiger partial charge in [0.05, 0.1) is 0 Å². The summed E-state index contributed by atoms with van der Waals surface area (Å²) in [6.45, 7) is 1.94. The van der Waals surface area contributed by atoms with Gasteiger partial charge in [-0.3, -0.25) is 4.79 Å². The molecule has 0 atom stereocenters. The predicted octanol–water partition coefficient (Wildman–Crippen LogP) is 3.13. The van der Waals surface area contributed by atoms with E-state index >= 15 is 0 Å². The number of rotatable bonds is 4. The number of hydrogen-bond donors (Lipinski definition) is 0. The van der Waals surface area contributed by atoms with E-state index in [0.717, 1.165) is 17.7 Å². The van der Waals surface area contributed by atoms with Gasteiger partial charge in [-0.25, -0.2) is 9.97 Å². The molecule has 156 valence electrons. The van der Waals surface area contributed by atoms with E-state index in [2.05, 4.69) is 14.7 Å². The number of amides is 1. The van der Waals surface area contributed by atoms with Crippen LogP contribution in [0, 0.1) is 0 Å². The molecule has 1 aromatic carbocycles. The number of hydrogen-bond acceptors (Lipinski definition) is 5. The van der Waals surface area contributed by atoms with E-state index in [9.17, 15) is 18.0 Å². The lowest BCUT2D eigenvalue weighted by Gasteiger charge is -2.35. The van der Waals surface area contributed by atoms with Crippen LogP contribution >= 0.6 is 0 Å². The Hall–Kier alpha value is -3.56. The fourth-order valence-electron chi connectivity index (χ4n) is 3.29. The van der Waals surface area contributed by atoms with Crippen LogP contribution in [0.5, 0.6) is 5.75 Å². The Kier molecular flexibility index (Phi) is 5.30. The monoisotopic (exact) mass is 417 g/mol. The number of halogens is 3. The van der Waals surface area contributed by atoms with Gasteiger partial charge in [0.15, 0.2) is 0 Å². The van der Waals surface area contributed by atoms with E-state index in [-0.39, 0.29) is 11.5 Å². The number of ether oxygens (including phenoxy) is 1. The molecule has 3 aromatic rings. The Morgan fingerprint density at radius 3 is 2.33 bits per heavy atom. The van der Waals surface area contributed by atoms with E-state index in [0.29, 0.717) is 26.2 Å². The zero-order valence-corrected chi connectivity index (χ0v) is 15.8. The molecule has 7 nitrogen and oxygen atoms in total. The molecule has 0 N–H and O–H groups in total. The van der Waals surface area contributed by atoms with E-state index in [4.69, 9.17) is 0 Å². The number of carbonyl (C=O) groups is 1. The molecular formula is C20H18F3N5O2. The summed E-state index contributed by atoms with van der Waals surface area (Å²) in [7, 11) is 0. The Labute approximate surface area is 170 Å². The highest BCUT2D eigenvalue weighted by Crippen LogP contribution is 2.24. The standard InChI is InChI=1S/C20H18F3N5O2/c21-20(22,23)30-16-5-3-4-15(12-16)19(29)28-10-8-27(9-11-28)18-13-17(24-14-25-18)26-6-1-2-7-26/h1-7,12-14H,8-11H2. The Morgan fingerprint density at radius 2 is 1.63 bits per heavy atom. The molecule has 0 bridgehead atoms. The highest BCUT2D eigenvalue weighted by molar-refractivity contribution is 5.94. The van der Waals surface area contributed by atoms with Crippen molar-refractivity contribution in [3.8, 4) is 11.6 Å². The van der Waals surface area contributed by atoms with Crippen molar-refractivity contribution in [3.63, 3.8) is 0 Å². The third kappa shape index (κ3) is 4.53. The summed E-state index contributed by atoms with van der Waals surface area (Å²) in [6, 6.07) is 10.8. The van der Waals surface area contributed by atoms with E-state index in [1.54, 1.807) is 4.90 Å². The summed E-state index contributed by atoms with van der Waals surface area (Å²) in [5.74, 6) is 0.745. The molecule has 2 aromatic heterocycles. The van der Waals surface area contributed by atoms with Crippen LogP contribution in [-0.2, 0) is 0 Å². The lowest BCUT2D eigenvalue weighted by molar-refractivity contribution is -0.274. The van der Waals surface area contributed by atoms with Crippen molar-refractivity contribution >= 4 is 11.7 Å². The highest BCUT2D eigenvalue weighted by atomic mass is 19.4. The Morgan fingerprint density at radius 1 is 0.933 bits per heavy atom. The molecule has 3 heterocycles. The normalized spacial score (nSPS) is 14.6. The summed E-state index contributed by atoms with van der Waals surface area (Å²) in [6.07, 6.45) is 0.470. The van der Waals surface area contributed by atoms with Gasteiger partial charge in [0.1, 0.15) is 23.7 Å². The van der Waals surface area contributed by atoms with Gasteiger partial charge in [0, 0.05) is 50.2 Å². The minimum absolute atomic E-state index is 0.155. The maximum Gasteiger partial charge on any atom is 0.573 e. The number of carbonyl (C=O) groups excluding carboxylic acids is 1. The number of piperazine rings is 1. The first-order valence-corrected chi connectivity index (χ1v) is 9.24. The quantitative estimate of drug-likeness (QED) is 0.653. The van der Waals surface area contributed by atoms with Gasteiger partial charge >= 0.3 is 6.36 Å². The molecule has 1 saturated heterocycles. The fourth-order valence-corrected chi connectivity index (χ4v) is 3.29. The second-order valence-corrected chi connectivity index (χ2v) is 6.68. The van der Waals surface area contributed by atoms with Crippen LogP contribution in [0.15, 0.2) is 61.2 Å². The number of benzene rings is 1. The molecule has 0 spiro atoms. The number of anilines is 1. The number of nitrogens with zero attached hydrogens (tertiary/aromatic N) is 5. The molecule has 1 amide bonds. The summed E-state index contributed by atoms with van der Waals surface area (Å²) in [5.41, 5.74) is 0.155. The Balaban J connectivity index is 1.41. The van der Waals surface area contributed by atoms with E-state index < -0.39 is 12.1 Å². The summed E-state index contributed by atoms with van der Waals surface area (Å²) in [4.78, 5) is 24.9. The third-order valence-corrected chi connectivity index (χ3v) is 4.71. The molecule has 0 unspecified atom stereocenters. The zero-order valence-electron chi connectivity index (χ0n) is 15.8. The van der Waals surface area contributed by atoms with Crippen LogP contribution in [0.1, 0.15) is 10.4 Å².